The molecule has 7 nitrogen and oxygen atoms in total. The summed E-state index contributed by atoms with van der Waals surface area (Å²) in [4.78, 5) is 29.5. The lowest BCUT2D eigenvalue weighted by Crippen LogP contribution is -2.54. The number of carbonyl (C=O) groups excluding carboxylic acids is 2. The van der Waals surface area contributed by atoms with Gasteiger partial charge in [-0.1, -0.05) is 72.3 Å². The smallest absolute Gasteiger partial charge is 0.264 e. The Bertz CT molecular complexity index is 1680. The second kappa shape index (κ2) is 14.3. The monoisotopic (exact) mass is 615 g/mol. The van der Waals surface area contributed by atoms with Gasteiger partial charge in [0.1, 0.15) is 18.4 Å². The molecule has 0 aliphatic carbocycles. The average Bonchev–Trinajstić information content (AvgIpc) is 2.98. The Morgan fingerprint density at radius 1 is 0.795 bits per heavy atom. The van der Waals surface area contributed by atoms with E-state index in [-0.39, 0.29) is 29.8 Å². The number of carbonyl (C=O) groups is 2. The molecule has 0 aromatic heterocycles. The zero-order chi connectivity index (χ0) is 31.9. The normalized spacial score (nSPS) is 12.0. The summed E-state index contributed by atoms with van der Waals surface area (Å²) in [5.74, 6) is -1.38. The summed E-state index contributed by atoms with van der Waals surface area (Å²) < 4.78 is 43.0. The zero-order valence-electron chi connectivity index (χ0n) is 25.4. The van der Waals surface area contributed by atoms with E-state index in [1.165, 1.54) is 29.2 Å². The first-order valence-electron chi connectivity index (χ1n) is 14.5. The van der Waals surface area contributed by atoms with Crippen molar-refractivity contribution >= 4 is 27.5 Å². The topological polar surface area (TPSA) is 86.8 Å². The Labute approximate surface area is 259 Å². The average molecular weight is 616 g/mol. The largest absolute Gasteiger partial charge is 0.352 e. The van der Waals surface area contributed by atoms with Crippen molar-refractivity contribution in [3.63, 3.8) is 0 Å². The maximum absolute atomic E-state index is 14.4. The summed E-state index contributed by atoms with van der Waals surface area (Å²) in [6, 6.07) is 27.2. The van der Waals surface area contributed by atoms with E-state index < -0.39 is 34.3 Å². The Hall–Kier alpha value is -4.50. The van der Waals surface area contributed by atoms with Gasteiger partial charge in [0.25, 0.3) is 10.0 Å². The van der Waals surface area contributed by atoms with Gasteiger partial charge < -0.3 is 10.2 Å². The molecule has 44 heavy (non-hydrogen) atoms. The molecule has 0 bridgehead atoms. The van der Waals surface area contributed by atoms with Gasteiger partial charge in [0.2, 0.25) is 11.8 Å². The minimum atomic E-state index is -4.18. The number of halogens is 1. The molecule has 1 unspecified atom stereocenters. The standard InChI is InChI=1S/C35H38FN3O4S/c1-25(2)37-35(41)33(22-28-10-6-5-7-11-28)38(23-29-15-17-30(36)18-16-29)34(40)24-39(31-12-8-9-27(4)21-31)44(42,43)32-19-13-26(3)14-20-32/h5-21,25,33H,22-24H2,1-4H3,(H,37,41). The van der Waals surface area contributed by atoms with Crippen LogP contribution < -0.4 is 9.62 Å². The predicted molar refractivity (Wildman–Crippen MR) is 171 cm³/mol. The molecule has 4 rings (SSSR count). The molecule has 0 heterocycles. The van der Waals surface area contributed by atoms with Crippen LogP contribution in [0, 0.1) is 19.7 Å². The van der Waals surface area contributed by atoms with E-state index in [2.05, 4.69) is 5.32 Å². The van der Waals surface area contributed by atoms with Crippen LogP contribution in [-0.4, -0.2) is 43.8 Å². The van der Waals surface area contributed by atoms with Crippen LogP contribution >= 0.6 is 0 Å². The van der Waals surface area contributed by atoms with Crippen LogP contribution in [0.3, 0.4) is 0 Å². The van der Waals surface area contributed by atoms with E-state index in [0.717, 1.165) is 21.0 Å². The third-order valence-corrected chi connectivity index (χ3v) is 8.93. The van der Waals surface area contributed by atoms with Crippen LogP contribution in [0.2, 0.25) is 0 Å². The van der Waals surface area contributed by atoms with E-state index >= 15 is 0 Å². The summed E-state index contributed by atoms with van der Waals surface area (Å²) >= 11 is 0. The fourth-order valence-corrected chi connectivity index (χ4v) is 6.28. The van der Waals surface area contributed by atoms with E-state index in [4.69, 9.17) is 0 Å². The Balaban J connectivity index is 1.80. The van der Waals surface area contributed by atoms with Gasteiger partial charge in [-0.05, 0) is 80.8 Å². The summed E-state index contributed by atoms with van der Waals surface area (Å²) in [7, 11) is -4.18. The number of aryl methyl sites for hydroxylation is 2. The molecule has 0 fully saturated rings. The third kappa shape index (κ3) is 8.32. The second-order valence-electron chi connectivity index (χ2n) is 11.2. The lowest BCUT2D eigenvalue weighted by atomic mass is 10.0. The number of anilines is 1. The van der Waals surface area contributed by atoms with Gasteiger partial charge in [0.05, 0.1) is 10.6 Å². The van der Waals surface area contributed by atoms with Crippen molar-refractivity contribution < 1.29 is 22.4 Å². The summed E-state index contributed by atoms with van der Waals surface area (Å²) in [6.07, 6.45) is 0.196. The number of sulfonamides is 1. The molecule has 0 aliphatic rings. The maximum Gasteiger partial charge on any atom is 0.264 e. The summed E-state index contributed by atoms with van der Waals surface area (Å²) in [5, 5.41) is 2.92. The fraction of sp³-hybridized carbons (Fsp3) is 0.257. The van der Waals surface area contributed by atoms with E-state index in [1.807, 2.05) is 64.1 Å². The van der Waals surface area contributed by atoms with Crippen LogP contribution in [0.15, 0.2) is 108 Å². The number of rotatable bonds is 12. The zero-order valence-corrected chi connectivity index (χ0v) is 26.2. The van der Waals surface area contributed by atoms with Gasteiger partial charge in [-0.15, -0.1) is 0 Å². The molecule has 2 amide bonds. The molecule has 0 saturated heterocycles. The number of benzene rings is 4. The van der Waals surface area contributed by atoms with Gasteiger partial charge in [0.15, 0.2) is 0 Å². The molecule has 0 aliphatic heterocycles. The number of amides is 2. The number of hydrogen-bond donors (Lipinski definition) is 1. The molecule has 230 valence electrons. The van der Waals surface area contributed by atoms with E-state index in [0.29, 0.717) is 11.3 Å². The number of nitrogens with one attached hydrogen (secondary N) is 1. The minimum absolute atomic E-state index is 0.0334. The lowest BCUT2D eigenvalue weighted by molar-refractivity contribution is -0.140. The first-order valence-corrected chi connectivity index (χ1v) is 15.9. The van der Waals surface area contributed by atoms with Crippen molar-refractivity contribution in [1.29, 1.82) is 0 Å². The molecule has 1 atom stereocenters. The highest BCUT2D eigenvalue weighted by Crippen LogP contribution is 2.26. The van der Waals surface area contributed by atoms with Gasteiger partial charge in [-0.2, -0.15) is 0 Å². The van der Waals surface area contributed by atoms with Gasteiger partial charge in [0, 0.05) is 19.0 Å². The van der Waals surface area contributed by atoms with Crippen molar-refractivity contribution in [1.82, 2.24) is 10.2 Å². The summed E-state index contributed by atoms with van der Waals surface area (Å²) in [5.41, 5.74) is 3.47. The Morgan fingerprint density at radius 3 is 2.07 bits per heavy atom. The Kier molecular flexibility index (Phi) is 10.5. The first kappa shape index (κ1) is 32.4. The van der Waals surface area contributed by atoms with Crippen LogP contribution in [0.25, 0.3) is 0 Å². The van der Waals surface area contributed by atoms with Crippen LogP contribution in [-0.2, 0) is 32.6 Å². The van der Waals surface area contributed by atoms with Crippen LogP contribution in [0.4, 0.5) is 10.1 Å². The molecule has 1 N–H and O–H groups in total. The quantitative estimate of drug-likeness (QED) is 0.218. The highest BCUT2D eigenvalue weighted by Gasteiger charge is 2.34. The summed E-state index contributed by atoms with van der Waals surface area (Å²) in [6.45, 7) is 6.78. The SMILES string of the molecule is Cc1ccc(S(=O)(=O)N(CC(=O)N(Cc2ccc(F)cc2)C(Cc2ccccc2)C(=O)NC(C)C)c2cccc(C)c2)cc1. The van der Waals surface area contributed by atoms with Crippen molar-refractivity contribution in [3.8, 4) is 0 Å². The van der Waals surface area contributed by atoms with Gasteiger partial charge in [-0.25, -0.2) is 12.8 Å². The second-order valence-corrected chi connectivity index (χ2v) is 13.0. The molecule has 0 radical (unpaired) electrons. The molecule has 4 aromatic rings. The molecule has 0 saturated carbocycles. The molecule has 9 heteroatoms. The lowest BCUT2D eigenvalue weighted by Gasteiger charge is -2.34. The minimum Gasteiger partial charge on any atom is -0.352 e. The van der Waals surface area contributed by atoms with Gasteiger partial charge in [-0.3, -0.25) is 13.9 Å². The predicted octanol–water partition coefficient (Wildman–Crippen LogP) is 5.80. The van der Waals surface area contributed by atoms with Crippen LogP contribution in [0.1, 0.15) is 36.1 Å². The third-order valence-electron chi connectivity index (χ3n) is 7.15. The van der Waals surface area contributed by atoms with Crippen molar-refractivity contribution in [2.45, 2.75) is 57.6 Å². The number of nitrogens with zero attached hydrogens (tertiary/aromatic N) is 2. The van der Waals surface area contributed by atoms with Crippen molar-refractivity contribution in [3.05, 3.63) is 131 Å². The molecule has 0 spiro atoms. The molecular formula is C35H38FN3O4S. The van der Waals surface area contributed by atoms with Gasteiger partial charge >= 0.3 is 0 Å². The number of hydrogen-bond acceptors (Lipinski definition) is 4. The highest BCUT2D eigenvalue weighted by atomic mass is 32.2. The first-order chi connectivity index (χ1) is 20.9. The van der Waals surface area contributed by atoms with Crippen molar-refractivity contribution in [2.24, 2.45) is 0 Å². The Morgan fingerprint density at radius 2 is 1.45 bits per heavy atom. The van der Waals surface area contributed by atoms with E-state index in [1.54, 1.807) is 42.5 Å². The fourth-order valence-electron chi connectivity index (χ4n) is 4.87. The van der Waals surface area contributed by atoms with Crippen molar-refractivity contribution in [2.75, 3.05) is 10.8 Å². The van der Waals surface area contributed by atoms with Crippen LogP contribution in [0.5, 0.6) is 0 Å². The maximum atomic E-state index is 14.4. The molecular weight excluding hydrogens is 577 g/mol. The highest BCUT2D eigenvalue weighted by molar-refractivity contribution is 7.92. The van der Waals surface area contributed by atoms with E-state index in [9.17, 15) is 22.4 Å². The molecule has 4 aromatic carbocycles.